The van der Waals surface area contributed by atoms with Gasteiger partial charge in [-0.2, -0.15) is 0 Å². The minimum absolute atomic E-state index is 0. The van der Waals surface area contributed by atoms with Gasteiger partial charge in [0.25, 0.3) is 0 Å². The minimum Gasteiger partial charge on any atom is -1.00 e. The van der Waals surface area contributed by atoms with Crippen molar-refractivity contribution in [2.45, 2.75) is 11.8 Å². The first-order valence-corrected chi connectivity index (χ1v) is 9.93. The second-order valence-corrected chi connectivity index (χ2v) is 7.70. The number of benzene rings is 2. The molecule has 0 aliphatic rings. The van der Waals surface area contributed by atoms with Crippen molar-refractivity contribution >= 4 is 21.5 Å². The molecule has 7 nitrogen and oxygen atoms in total. The maximum absolute atomic E-state index is 12.3. The number of nitrogens with zero attached hydrogens (tertiary/aromatic N) is 1. The lowest BCUT2D eigenvalue weighted by atomic mass is 10.3. The predicted molar refractivity (Wildman–Crippen MR) is 107 cm³/mol. The fourth-order valence-electron chi connectivity index (χ4n) is 2.33. The zero-order chi connectivity index (χ0) is 19.9. The maximum Gasteiger partial charge on any atom is 0.246 e. The molecule has 0 heterocycles. The molecule has 0 fully saturated rings. The van der Waals surface area contributed by atoms with E-state index in [0.717, 1.165) is 17.3 Å². The van der Waals surface area contributed by atoms with Crippen LogP contribution in [0.2, 0.25) is 0 Å². The highest BCUT2D eigenvalue weighted by Gasteiger charge is 2.14. The molecule has 0 atom stereocenters. The first-order valence-electron chi connectivity index (χ1n) is 8.45. The van der Waals surface area contributed by atoms with E-state index >= 15 is 0 Å². The minimum atomic E-state index is -3.55. The number of ether oxygens (including phenoxy) is 2. The van der Waals surface area contributed by atoms with Gasteiger partial charge in [0.05, 0.1) is 32.7 Å². The van der Waals surface area contributed by atoms with Gasteiger partial charge in [-0.1, -0.05) is 0 Å². The molecule has 154 valence electrons. The number of sulfonamides is 1. The van der Waals surface area contributed by atoms with Crippen molar-refractivity contribution in [3.8, 4) is 11.5 Å². The number of hydrogen-bond acceptors (Lipinski definition) is 4. The summed E-state index contributed by atoms with van der Waals surface area (Å²) in [4.78, 5) is 0.211. The van der Waals surface area contributed by atoms with Crippen LogP contribution in [0.3, 0.4) is 0 Å². The first kappa shape index (κ1) is 24.2. The average Bonchev–Trinajstić information content (AvgIpc) is 2.68. The fraction of sp³-hybridized carbons (Fsp3) is 0.316. The van der Waals surface area contributed by atoms with Gasteiger partial charge in [-0.15, -0.1) is 0 Å². The lowest BCUT2D eigenvalue weighted by molar-refractivity contribution is -0.495. The van der Waals surface area contributed by atoms with Crippen LogP contribution in [-0.2, 0) is 10.0 Å². The van der Waals surface area contributed by atoms with Crippen LogP contribution >= 0.6 is 0 Å². The summed E-state index contributed by atoms with van der Waals surface area (Å²) in [5.41, 5.74) is 0.930. The Bertz CT molecular complexity index is 882. The summed E-state index contributed by atoms with van der Waals surface area (Å²) in [6.45, 7) is 2.74. The number of hydrogen-bond donors (Lipinski definition) is 2. The van der Waals surface area contributed by atoms with E-state index in [-0.39, 0.29) is 35.4 Å². The van der Waals surface area contributed by atoms with Crippen LogP contribution in [0.1, 0.15) is 6.92 Å². The molecule has 0 saturated heterocycles. The smallest absolute Gasteiger partial charge is 0.246 e. The van der Waals surface area contributed by atoms with Gasteiger partial charge in [0.15, 0.2) is 0 Å². The number of methoxy groups -OCH3 is 2. The highest BCUT2D eigenvalue weighted by molar-refractivity contribution is 7.89. The third kappa shape index (κ3) is 6.95. The molecule has 0 saturated carbocycles. The molecule has 0 aliphatic heterocycles. The number of rotatable bonds is 8. The van der Waals surface area contributed by atoms with Crippen LogP contribution in [0.25, 0.3) is 0 Å². The molecule has 0 spiro atoms. The van der Waals surface area contributed by atoms with Crippen molar-refractivity contribution in [2.75, 3.05) is 39.7 Å². The number of amidine groups is 1. The summed E-state index contributed by atoms with van der Waals surface area (Å²) in [5, 5.41) is 3.28. The SMILES string of the molecule is COc1ccc(NC(C)=[N+](C)CCNS(=O)(=O)c2ccc(OC)cc2)cc1.[I-]. The quantitative estimate of drug-likeness (QED) is 0.206. The second-order valence-electron chi connectivity index (χ2n) is 5.93. The predicted octanol–water partition coefficient (Wildman–Crippen LogP) is -0.841. The van der Waals surface area contributed by atoms with E-state index in [1.54, 1.807) is 19.2 Å². The molecule has 2 aromatic rings. The van der Waals surface area contributed by atoms with Gasteiger partial charge < -0.3 is 33.5 Å². The highest BCUT2D eigenvalue weighted by atomic mass is 127. The second kappa shape index (κ2) is 11.2. The van der Waals surface area contributed by atoms with E-state index < -0.39 is 10.0 Å². The molecule has 0 aliphatic carbocycles. The van der Waals surface area contributed by atoms with Gasteiger partial charge in [0, 0.05) is 13.5 Å². The highest BCUT2D eigenvalue weighted by Crippen LogP contribution is 2.16. The van der Waals surface area contributed by atoms with E-state index in [0.29, 0.717) is 12.3 Å². The Kier molecular flexibility index (Phi) is 9.70. The van der Waals surface area contributed by atoms with Crippen LogP contribution in [-0.4, -0.2) is 53.2 Å². The Morgan fingerprint density at radius 1 is 0.964 bits per heavy atom. The Balaban J connectivity index is 0.00000392. The van der Waals surface area contributed by atoms with E-state index in [9.17, 15) is 8.42 Å². The van der Waals surface area contributed by atoms with E-state index in [4.69, 9.17) is 9.47 Å². The average molecular weight is 519 g/mol. The third-order valence-corrected chi connectivity index (χ3v) is 5.57. The summed E-state index contributed by atoms with van der Waals surface area (Å²) in [7, 11) is 1.51. The summed E-state index contributed by atoms with van der Waals surface area (Å²) in [6.07, 6.45) is 0. The van der Waals surface area contributed by atoms with Crippen molar-refractivity contribution in [2.24, 2.45) is 0 Å². The van der Waals surface area contributed by atoms with E-state index in [1.807, 2.05) is 42.8 Å². The van der Waals surface area contributed by atoms with Crippen molar-refractivity contribution in [3.63, 3.8) is 0 Å². The Hall–Kier alpha value is -1.85. The number of likely N-dealkylation sites (N-methyl/N-ethyl adjacent to an activating group) is 1. The van der Waals surface area contributed by atoms with Crippen LogP contribution in [0.4, 0.5) is 5.69 Å². The van der Waals surface area contributed by atoms with Crippen LogP contribution in [0, 0.1) is 0 Å². The van der Waals surface area contributed by atoms with Gasteiger partial charge in [-0.25, -0.2) is 18.5 Å². The van der Waals surface area contributed by atoms with Gasteiger partial charge in [-0.3, -0.25) is 4.58 Å². The molecule has 2 aromatic carbocycles. The molecule has 28 heavy (non-hydrogen) atoms. The number of anilines is 1. The lowest BCUT2D eigenvalue weighted by Gasteiger charge is -2.09. The van der Waals surface area contributed by atoms with E-state index in [2.05, 4.69) is 10.0 Å². The molecular weight excluding hydrogens is 493 g/mol. The van der Waals surface area contributed by atoms with Crippen LogP contribution in [0.5, 0.6) is 11.5 Å². The molecule has 0 unspecified atom stereocenters. The molecule has 0 radical (unpaired) electrons. The van der Waals surface area contributed by atoms with Gasteiger partial charge >= 0.3 is 0 Å². The normalized spacial score (nSPS) is 11.9. The van der Waals surface area contributed by atoms with Gasteiger partial charge in [-0.05, 0) is 48.5 Å². The monoisotopic (exact) mass is 519 g/mol. The van der Waals surface area contributed by atoms with Crippen molar-refractivity contribution in [3.05, 3.63) is 48.5 Å². The standard InChI is InChI=1S/C19H25N3O4S.HI/c1-15(21-16-5-7-17(25-3)8-6-16)22(2)14-13-20-27(23,24)19-11-9-18(26-4)10-12-19;/h5-12,20H,13-14H2,1-4H3;1H. The number of nitrogens with one attached hydrogen (secondary N) is 2. The van der Waals surface area contributed by atoms with Gasteiger partial charge in [0.1, 0.15) is 17.2 Å². The molecular formula is C19H26IN3O4S. The third-order valence-electron chi connectivity index (χ3n) is 4.10. The first-order chi connectivity index (χ1) is 12.9. The van der Waals surface area contributed by atoms with E-state index in [1.165, 1.54) is 19.2 Å². The lowest BCUT2D eigenvalue weighted by Crippen LogP contribution is -3.00. The Morgan fingerprint density at radius 2 is 1.46 bits per heavy atom. The summed E-state index contributed by atoms with van der Waals surface area (Å²) in [6, 6.07) is 13.9. The molecule has 0 amide bonds. The summed E-state index contributed by atoms with van der Waals surface area (Å²) in [5.74, 6) is 2.31. The van der Waals surface area contributed by atoms with Gasteiger partial charge in [0.2, 0.25) is 15.9 Å². The summed E-state index contributed by atoms with van der Waals surface area (Å²) < 4.78 is 39.4. The Labute approximate surface area is 183 Å². The topological polar surface area (TPSA) is 79.7 Å². The fourth-order valence-corrected chi connectivity index (χ4v) is 3.35. The molecule has 0 bridgehead atoms. The zero-order valence-corrected chi connectivity index (χ0v) is 19.4. The zero-order valence-electron chi connectivity index (χ0n) is 16.4. The van der Waals surface area contributed by atoms with Crippen molar-refractivity contribution < 1.29 is 46.4 Å². The number of halogens is 1. The molecule has 0 aromatic heterocycles. The molecule has 9 heteroatoms. The largest absolute Gasteiger partial charge is 1.00 e. The van der Waals surface area contributed by atoms with Crippen LogP contribution in [0.15, 0.2) is 53.4 Å². The molecule has 2 rings (SSSR count). The molecule has 2 N–H and O–H groups in total. The maximum atomic E-state index is 12.3. The van der Waals surface area contributed by atoms with Crippen LogP contribution < -0.4 is 43.5 Å². The van der Waals surface area contributed by atoms with Crippen molar-refractivity contribution in [1.29, 1.82) is 0 Å². The Morgan fingerprint density at radius 3 is 1.96 bits per heavy atom. The van der Waals surface area contributed by atoms with Crippen molar-refractivity contribution in [1.82, 2.24) is 4.72 Å². The summed E-state index contributed by atoms with van der Waals surface area (Å²) >= 11 is 0.